The Bertz CT molecular complexity index is 1430. The summed E-state index contributed by atoms with van der Waals surface area (Å²) < 4.78 is 39.4. The fraction of sp³-hybridized carbons (Fsp3) is 0.250. The van der Waals surface area contributed by atoms with Gasteiger partial charge in [-0.2, -0.15) is 5.10 Å². The van der Waals surface area contributed by atoms with Crippen molar-refractivity contribution < 1.29 is 27.8 Å². The first kappa shape index (κ1) is 27.4. The van der Waals surface area contributed by atoms with E-state index in [2.05, 4.69) is 15.4 Å². The predicted molar refractivity (Wildman–Crippen MR) is 137 cm³/mol. The summed E-state index contributed by atoms with van der Waals surface area (Å²) in [5.41, 5.74) is 1.29. The van der Waals surface area contributed by atoms with E-state index in [-0.39, 0.29) is 23.6 Å². The van der Waals surface area contributed by atoms with Gasteiger partial charge in [0, 0.05) is 25.7 Å². The normalized spacial score (nSPS) is 11.8. The Morgan fingerprint density at radius 1 is 1.00 bits per heavy atom. The molecular formula is C28H27F2N5O4. The van der Waals surface area contributed by atoms with E-state index in [9.17, 15) is 18.4 Å². The van der Waals surface area contributed by atoms with Crippen LogP contribution in [0.3, 0.4) is 0 Å². The third-order valence-electron chi connectivity index (χ3n) is 6.02. The van der Waals surface area contributed by atoms with Crippen molar-refractivity contribution in [2.45, 2.75) is 32.2 Å². The van der Waals surface area contributed by atoms with E-state index >= 15 is 0 Å². The van der Waals surface area contributed by atoms with E-state index in [4.69, 9.17) is 14.5 Å². The number of rotatable bonds is 9. The molecule has 0 fully saturated rings. The maximum absolute atomic E-state index is 13.6. The standard InChI is InChI=1S/C28H27F2N5O4/c1-5-22(36)39-25-21(38-4)14-15-31-24(25)28(37)32-16(2)27-33-26(34-35(27)3)23(17-6-10-19(29)11-7-17)18-8-12-20(30)13-9-18/h6-16,23H,5H2,1-4H3,(H,32,37)/t16-/m0/s1. The molecule has 1 amide bonds. The first-order valence-electron chi connectivity index (χ1n) is 12.2. The van der Waals surface area contributed by atoms with E-state index in [1.54, 1.807) is 45.2 Å². The molecule has 39 heavy (non-hydrogen) atoms. The van der Waals surface area contributed by atoms with E-state index in [0.29, 0.717) is 22.8 Å². The van der Waals surface area contributed by atoms with Gasteiger partial charge in [0.2, 0.25) is 5.75 Å². The molecule has 1 N–H and O–H groups in total. The molecule has 2 heterocycles. The third kappa shape index (κ3) is 6.08. The van der Waals surface area contributed by atoms with Crippen molar-refractivity contribution >= 4 is 11.9 Å². The van der Waals surface area contributed by atoms with E-state index < -0.39 is 35.5 Å². The molecule has 0 bridgehead atoms. The number of aromatic nitrogens is 4. The monoisotopic (exact) mass is 535 g/mol. The molecule has 0 aliphatic rings. The van der Waals surface area contributed by atoms with Gasteiger partial charge in [-0.25, -0.2) is 18.7 Å². The number of nitrogens with one attached hydrogen (secondary N) is 1. The van der Waals surface area contributed by atoms with Crippen molar-refractivity contribution in [1.29, 1.82) is 0 Å². The molecular weight excluding hydrogens is 508 g/mol. The minimum atomic E-state index is -0.645. The van der Waals surface area contributed by atoms with E-state index in [1.807, 2.05) is 0 Å². The van der Waals surface area contributed by atoms with Gasteiger partial charge in [-0.3, -0.25) is 14.3 Å². The molecule has 0 aliphatic heterocycles. The number of ether oxygens (including phenoxy) is 2. The Labute approximate surface area is 223 Å². The van der Waals surface area contributed by atoms with Crippen LogP contribution >= 0.6 is 0 Å². The quantitative estimate of drug-likeness (QED) is 0.315. The summed E-state index contributed by atoms with van der Waals surface area (Å²) >= 11 is 0. The number of nitrogens with zero attached hydrogens (tertiary/aromatic N) is 4. The second-order valence-corrected chi connectivity index (χ2v) is 8.70. The first-order valence-corrected chi connectivity index (χ1v) is 12.2. The molecule has 4 aromatic rings. The fourth-order valence-corrected chi connectivity index (χ4v) is 4.08. The highest BCUT2D eigenvalue weighted by Crippen LogP contribution is 2.32. The predicted octanol–water partition coefficient (Wildman–Crippen LogP) is 4.48. The Morgan fingerprint density at radius 3 is 2.13 bits per heavy atom. The average Bonchev–Trinajstić information content (AvgIpc) is 3.31. The zero-order valence-corrected chi connectivity index (χ0v) is 21.8. The zero-order valence-electron chi connectivity index (χ0n) is 21.8. The Kier molecular flexibility index (Phi) is 8.28. The molecule has 0 saturated carbocycles. The van der Waals surface area contributed by atoms with Crippen LogP contribution in [0.1, 0.15) is 65.5 Å². The van der Waals surface area contributed by atoms with Crippen molar-refractivity contribution in [3.63, 3.8) is 0 Å². The average molecular weight is 536 g/mol. The number of amides is 1. The molecule has 0 spiro atoms. The Balaban J connectivity index is 1.65. The highest BCUT2D eigenvalue weighted by Gasteiger charge is 2.27. The largest absolute Gasteiger partial charge is 0.493 e. The van der Waals surface area contributed by atoms with Crippen molar-refractivity contribution in [3.05, 3.63) is 101 Å². The summed E-state index contributed by atoms with van der Waals surface area (Å²) in [5, 5.41) is 7.38. The number of methoxy groups -OCH3 is 1. The van der Waals surface area contributed by atoms with Gasteiger partial charge >= 0.3 is 5.97 Å². The molecule has 1 atom stereocenters. The zero-order chi connectivity index (χ0) is 28.1. The van der Waals surface area contributed by atoms with E-state index in [1.165, 1.54) is 48.3 Å². The lowest BCUT2D eigenvalue weighted by Gasteiger charge is -2.16. The van der Waals surface area contributed by atoms with Crippen LogP contribution in [0.2, 0.25) is 0 Å². The molecule has 2 aromatic heterocycles. The summed E-state index contributed by atoms with van der Waals surface area (Å²) in [6.45, 7) is 3.35. The van der Waals surface area contributed by atoms with Crippen molar-refractivity contribution in [2.24, 2.45) is 7.05 Å². The van der Waals surface area contributed by atoms with Crippen LogP contribution in [0, 0.1) is 11.6 Å². The summed E-state index contributed by atoms with van der Waals surface area (Å²) in [6.07, 6.45) is 1.47. The minimum Gasteiger partial charge on any atom is -0.493 e. The lowest BCUT2D eigenvalue weighted by molar-refractivity contribution is -0.134. The maximum Gasteiger partial charge on any atom is 0.311 e. The minimum absolute atomic E-state index is 0.0807. The molecule has 4 rings (SSSR count). The van der Waals surface area contributed by atoms with Crippen molar-refractivity contribution in [3.8, 4) is 11.5 Å². The van der Waals surface area contributed by atoms with Crippen LogP contribution < -0.4 is 14.8 Å². The molecule has 202 valence electrons. The number of pyridine rings is 1. The first-order chi connectivity index (χ1) is 18.7. The molecule has 2 aromatic carbocycles. The number of carbonyl (C=O) groups is 2. The van der Waals surface area contributed by atoms with Crippen LogP contribution in [0.25, 0.3) is 0 Å². The fourth-order valence-electron chi connectivity index (χ4n) is 4.08. The maximum atomic E-state index is 13.6. The number of hydrogen-bond donors (Lipinski definition) is 1. The topological polar surface area (TPSA) is 108 Å². The SMILES string of the molecule is CCC(=O)Oc1c(OC)ccnc1C(=O)N[C@@H](C)c1nc(C(c2ccc(F)cc2)c2ccc(F)cc2)nn1C. The van der Waals surface area contributed by atoms with Crippen LogP contribution in [-0.4, -0.2) is 38.7 Å². The lowest BCUT2D eigenvalue weighted by atomic mass is 9.90. The molecule has 9 nitrogen and oxygen atoms in total. The number of halogens is 2. The smallest absolute Gasteiger partial charge is 0.311 e. The van der Waals surface area contributed by atoms with Gasteiger partial charge in [-0.05, 0) is 42.3 Å². The summed E-state index contributed by atoms with van der Waals surface area (Å²) in [5.74, 6) is -1.56. The van der Waals surface area contributed by atoms with Gasteiger partial charge in [0.05, 0.1) is 19.1 Å². The molecule has 0 unspecified atom stereocenters. The van der Waals surface area contributed by atoms with Gasteiger partial charge in [0.25, 0.3) is 5.91 Å². The van der Waals surface area contributed by atoms with Gasteiger partial charge in [-0.15, -0.1) is 0 Å². The van der Waals surface area contributed by atoms with Crippen molar-refractivity contribution in [2.75, 3.05) is 7.11 Å². The summed E-state index contributed by atoms with van der Waals surface area (Å²) in [6, 6.07) is 12.7. The lowest BCUT2D eigenvalue weighted by Crippen LogP contribution is -2.30. The second-order valence-electron chi connectivity index (χ2n) is 8.70. The Hall–Kier alpha value is -4.67. The van der Waals surface area contributed by atoms with Gasteiger partial charge in [0.15, 0.2) is 17.3 Å². The van der Waals surface area contributed by atoms with Gasteiger partial charge < -0.3 is 14.8 Å². The number of carbonyl (C=O) groups excluding carboxylic acids is 2. The summed E-state index contributed by atoms with van der Waals surface area (Å²) in [4.78, 5) is 33.9. The number of esters is 1. The van der Waals surface area contributed by atoms with Crippen molar-refractivity contribution in [1.82, 2.24) is 25.1 Å². The van der Waals surface area contributed by atoms with Crippen LogP contribution in [0.4, 0.5) is 8.78 Å². The van der Waals surface area contributed by atoms with Gasteiger partial charge in [-0.1, -0.05) is 31.2 Å². The highest BCUT2D eigenvalue weighted by atomic mass is 19.1. The van der Waals surface area contributed by atoms with Crippen LogP contribution in [-0.2, 0) is 11.8 Å². The van der Waals surface area contributed by atoms with Crippen LogP contribution in [0.5, 0.6) is 11.5 Å². The molecule has 0 saturated heterocycles. The summed E-state index contributed by atoms with van der Waals surface area (Å²) in [7, 11) is 3.07. The molecule has 0 aliphatic carbocycles. The van der Waals surface area contributed by atoms with Crippen LogP contribution in [0.15, 0.2) is 60.8 Å². The van der Waals surface area contributed by atoms with Gasteiger partial charge in [0.1, 0.15) is 17.5 Å². The van der Waals surface area contributed by atoms with E-state index in [0.717, 1.165) is 0 Å². The molecule has 0 radical (unpaired) electrons. The number of hydrogen-bond acceptors (Lipinski definition) is 7. The Morgan fingerprint density at radius 2 is 1.59 bits per heavy atom. The number of aryl methyl sites for hydroxylation is 1. The number of benzene rings is 2. The second kappa shape index (κ2) is 11.8. The highest BCUT2D eigenvalue weighted by molar-refractivity contribution is 5.96. The third-order valence-corrected chi connectivity index (χ3v) is 6.02. The molecule has 11 heteroatoms.